The molecule has 0 fully saturated rings. The van der Waals surface area contributed by atoms with Crippen molar-refractivity contribution in [3.8, 4) is 11.3 Å². The lowest BCUT2D eigenvalue weighted by Crippen LogP contribution is -2.08. The Hall–Kier alpha value is -1.94. The van der Waals surface area contributed by atoms with Gasteiger partial charge in [0, 0.05) is 18.2 Å². The molecule has 0 aliphatic carbocycles. The minimum Gasteiger partial charge on any atom is -0.326 e. The molecule has 2 rings (SSSR count). The van der Waals surface area contributed by atoms with E-state index in [0.717, 1.165) is 11.1 Å². The van der Waals surface area contributed by atoms with Gasteiger partial charge in [0.05, 0.1) is 5.69 Å². The van der Waals surface area contributed by atoms with Gasteiger partial charge in [-0.15, -0.1) is 0 Å². The Morgan fingerprint density at radius 2 is 2.00 bits per heavy atom. The van der Waals surface area contributed by atoms with Crippen molar-refractivity contribution in [1.82, 2.24) is 9.97 Å². The lowest BCUT2D eigenvalue weighted by atomic mass is 10.1. The zero-order chi connectivity index (χ0) is 11.5. The van der Waals surface area contributed by atoms with Crippen LogP contribution in [0.5, 0.6) is 0 Å². The summed E-state index contributed by atoms with van der Waals surface area (Å²) in [4.78, 5) is 18.2. The molecule has 0 unspecified atom stereocenters. The lowest BCUT2D eigenvalue weighted by molar-refractivity contribution is 1.02. The van der Waals surface area contributed by atoms with Crippen molar-refractivity contribution >= 4 is 0 Å². The van der Waals surface area contributed by atoms with E-state index in [1.165, 1.54) is 6.07 Å². The molecule has 0 saturated carbocycles. The van der Waals surface area contributed by atoms with Gasteiger partial charge in [0.2, 0.25) is 0 Å². The quantitative estimate of drug-likeness (QED) is 0.790. The first-order valence-corrected chi connectivity index (χ1v) is 5.06. The number of hydrogen-bond donors (Lipinski definition) is 2. The van der Waals surface area contributed by atoms with Crippen molar-refractivity contribution in [1.29, 1.82) is 0 Å². The van der Waals surface area contributed by atoms with Gasteiger partial charge in [-0.2, -0.15) is 0 Å². The van der Waals surface area contributed by atoms with E-state index in [9.17, 15) is 4.79 Å². The zero-order valence-electron chi connectivity index (χ0n) is 9.03. The summed E-state index contributed by atoms with van der Waals surface area (Å²) in [6.07, 6.45) is 0. The van der Waals surface area contributed by atoms with Crippen LogP contribution in [0, 0.1) is 6.92 Å². The molecule has 0 spiro atoms. The van der Waals surface area contributed by atoms with Crippen molar-refractivity contribution < 1.29 is 0 Å². The molecule has 82 valence electrons. The van der Waals surface area contributed by atoms with Crippen molar-refractivity contribution in [3.05, 3.63) is 52.1 Å². The molecule has 0 aliphatic rings. The van der Waals surface area contributed by atoms with E-state index in [1.807, 2.05) is 24.3 Å². The SMILES string of the molecule is Cc1nc(-c2ccc(CN)cc2)cc(=O)[nH]1. The molecule has 2 aromatic rings. The van der Waals surface area contributed by atoms with Crippen LogP contribution in [0.4, 0.5) is 0 Å². The van der Waals surface area contributed by atoms with Crippen molar-refractivity contribution in [3.63, 3.8) is 0 Å². The predicted molar refractivity (Wildman–Crippen MR) is 62.9 cm³/mol. The summed E-state index contributed by atoms with van der Waals surface area (Å²) in [5.74, 6) is 0.616. The van der Waals surface area contributed by atoms with Gasteiger partial charge in [0.15, 0.2) is 0 Å². The highest BCUT2D eigenvalue weighted by Crippen LogP contribution is 2.15. The molecule has 0 saturated heterocycles. The molecule has 0 bridgehead atoms. The monoisotopic (exact) mass is 215 g/mol. The summed E-state index contributed by atoms with van der Waals surface area (Å²) in [7, 11) is 0. The van der Waals surface area contributed by atoms with Gasteiger partial charge >= 0.3 is 0 Å². The Balaban J connectivity index is 2.46. The number of aryl methyl sites for hydroxylation is 1. The molecule has 4 nitrogen and oxygen atoms in total. The Kier molecular flexibility index (Phi) is 2.83. The molecule has 0 amide bonds. The van der Waals surface area contributed by atoms with E-state index in [4.69, 9.17) is 5.73 Å². The lowest BCUT2D eigenvalue weighted by Gasteiger charge is -2.02. The van der Waals surface area contributed by atoms with E-state index < -0.39 is 0 Å². The summed E-state index contributed by atoms with van der Waals surface area (Å²) in [5.41, 5.74) is 8.05. The maximum absolute atomic E-state index is 11.3. The van der Waals surface area contributed by atoms with E-state index in [0.29, 0.717) is 18.1 Å². The molecular weight excluding hydrogens is 202 g/mol. The molecule has 1 heterocycles. The Labute approximate surface area is 93.2 Å². The number of benzene rings is 1. The summed E-state index contributed by atoms with van der Waals surface area (Å²) in [6, 6.07) is 9.21. The van der Waals surface area contributed by atoms with E-state index in [1.54, 1.807) is 6.92 Å². The number of H-pyrrole nitrogens is 1. The van der Waals surface area contributed by atoms with Gasteiger partial charge in [-0.1, -0.05) is 24.3 Å². The molecule has 3 N–H and O–H groups in total. The molecule has 0 radical (unpaired) electrons. The number of nitrogens with two attached hydrogens (primary N) is 1. The predicted octanol–water partition coefficient (Wildman–Crippen LogP) is 1.20. The number of rotatable bonds is 2. The third-order valence-corrected chi connectivity index (χ3v) is 2.35. The van der Waals surface area contributed by atoms with Crippen LogP contribution in [0.25, 0.3) is 11.3 Å². The summed E-state index contributed by atoms with van der Waals surface area (Å²) in [5, 5.41) is 0. The van der Waals surface area contributed by atoms with Crippen LogP contribution in [-0.4, -0.2) is 9.97 Å². The molecule has 1 aromatic carbocycles. The van der Waals surface area contributed by atoms with Crippen LogP contribution >= 0.6 is 0 Å². The van der Waals surface area contributed by atoms with Crippen LogP contribution in [0.3, 0.4) is 0 Å². The molecule has 1 aromatic heterocycles. The highest BCUT2D eigenvalue weighted by atomic mass is 16.1. The van der Waals surface area contributed by atoms with Crippen LogP contribution < -0.4 is 11.3 Å². The fraction of sp³-hybridized carbons (Fsp3) is 0.167. The van der Waals surface area contributed by atoms with E-state index in [2.05, 4.69) is 9.97 Å². The van der Waals surface area contributed by atoms with Crippen LogP contribution in [0.2, 0.25) is 0 Å². The van der Waals surface area contributed by atoms with Gasteiger partial charge in [-0.25, -0.2) is 4.98 Å². The van der Waals surface area contributed by atoms with Crippen molar-refractivity contribution in [2.45, 2.75) is 13.5 Å². The van der Waals surface area contributed by atoms with E-state index >= 15 is 0 Å². The van der Waals surface area contributed by atoms with Gasteiger partial charge in [-0.05, 0) is 12.5 Å². The molecule has 0 aliphatic heterocycles. The molecular formula is C12H13N3O. The first-order chi connectivity index (χ1) is 7.69. The second-order valence-electron chi connectivity index (χ2n) is 3.62. The van der Waals surface area contributed by atoms with Crippen molar-refractivity contribution in [2.75, 3.05) is 0 Å². The van der Waals surface area contributed by atoms with Crippen LogP contribution in [0.1, 0.15) is 11.4 Å². The average Bonchev–Trinajstić information content (AvgIpc) is 2.28. The minimum absolute atomic E-state index is 0.134. The van der Waals surface area contributed by atoms with Gasteiger partial charge in [-0.3, -0.25) is 4.79 Å². The van der Waals surface area contributed by atoms with Gasteiger partial charge in [0.25, 0.3) is 5.56 Å². The number of aromatic nitrogens is 2. The fourth-order valence-corrected chi connectivity index (χ4v) is 1.54. The topological polar surface area (TPSA) is 71.8 Å². The number of nitrogens with zero attached hydrogens (tertiary/aromatic N) is 1. The second kappa shape index (κ2) is 4.28. The smallest absolute Gasteiger partial charge is 0.251 e. The zero-order valence-corrected chi connectivity index (χ0v) is 9.03. The Morgan fingerprint density at radius 3 is 2.56 bits per heavy atom. The first kappa shape index (κ1) is 10.6. The average molecular weight is 215 g/mol. The highest BCUT2D eigenvalue weighted by Gasteiger charge is 2.01. The van der Waals surface area contributed by atoms with Crippen molar-refractivity contribution in [2.24, 2.45) is 5.73 Å². The molecule has 0 atom stereocenters. The number of nitrogens with one attached hydrogen (secondary N) is 1. The van der Waals surface area contributed by atoms with E-state index in [-0.39, 0.29) is 5.56 Å². The maximum Gasteiger partial charge on any atom is 0.251 e. The largest absolute Gasteiger partial charge is 0.326 e. The van der Waals surface area contributed by atoms with Gasteiger partial charge < -0.3 is 10.7 Å². The molecule has 16 heavy (non-hydrogen) atoms. The number of hydrogen-bond acceptors (Lipinski definition) is 3. The second-order valence-corrected chi connectivity index (χ2v) is 3.62. The highest BCUT2D eigenvalue weighted by molar-refractivity contribution is 5.58. The Morgan fingerprint density at radius 1 is 1.31 bits per heavy atom. The fourth-order valence-electron chi connectivity index (χ4n) is 1.54. The third kappa shape index (κ3) is 2.17. The normalized spacial score (nSPS) is 10.4. The minimum atomic E-state index is -0.134. The van der Waals surface area contributed by atoms with Crippen LogP contribution in [0.15, 0.2) is 35.1 Å². The Bertz CT molecular complexity index is 543. The first-order valence-electron chi connectivity index (χ1n) is 5.06. The number of aromatic amines is 1. The van der Waals surface area contributed by atoms with Gasteiger partial charge in [0.1, 0.15) is 5.82 Å². The standard InChI is InChI=1S/C12H13N3O/c1-8-14-11(6-12(16)15-8)10-4-2-9(7-13)3-5-10/h2-6H,7,13H2,1H3,(H,14,15,16). The molecule has 4 heteroatoms. The maximum atomic E-state index is 11.3. The third-order valence-electron chi connectivity index (χ3n) is 2.35. The van der Waals surface area contributed by atoms with Crippen LogP contribution in [-0.2, 0) is 6.54 Å². The summed E-state index contributed by atoms with van der Waals surface area (Å²) < 4.78 is 0. The summed E-state index contributed by atoms with van der Waals surface area (Å²) >= 11 is 0. The summed E-state index contributed by atoms with van der Waals surface area (Å²) in [6.45, 7) is 2.28.